The van der Waals surface area contributed by atoms with E-state index in [0.717, 1.165) is 25.1 Å². The molecule has 1 aliphatic rings. The van der Waals surface area contributed by atoms with Gasteiger partial charge in [0.25, 0.3) is 0 Å². The highest BCUT2D eigenvalue weighted by Gasteiger charge is 2.22. The quantitative estimate of drug-likeness (QED) is 0.866. The molecule has 0 bridgehead atoms. The third-order valence-corrected chi connectivity index (χ3v) is 4.43. The molecule has 1 aliphatic heterocycles. The number of rotatable bonds is 5. The molecule has 1 saturated heterocycles. The van der Waals surface area contributed by atoms with Crippen LogP contribution in [0.1, 0.15) is 44.0 Å². The highest BCUT2D eigenvalue weighted by Crippen LogP contribution is 2.23. The van der Waals surface area contributed by atoms with Crippen LogP contribution in [-0.2, 0) is 13.1 Å². The first kappa shape index (κ1) is 16.0. The lowest BCUT2D eigenvalue weighted by Crippen LogP contribution is -2.38. The van der Waals surface area contributed by atoms with Crippen molar-refractivity contribution in [2.24, 2.45) is 0 Å². The van der Waals surface area contributed by atoms with Crippen LogP contribution in [0.2, 0.25) is 0 Å². The summed E-state index contributed by atoms with van der Waals surface area (Å²) in [6, 6.07) is 1.94. The van der Waals surface area contributed by atoms with E-state index in [9.17, 15) is 9.90 Å². The second kappa shape index (κ2) is 7.09. The maximum absolute atomic E-state index is 11.9. The molecule has 2 rings (SSSR count). The van der Waals surface area contributed by atoms with Crippen LogP contribution in [0.15, 0.2) is 10.9 Å². The molecule has 0 amide bonds. The Kier molecular flexibility index (Phi) is 5.42. The van der Waals surface area contributed by atoms with Gasteiger partial charge in [-0.3, -0.25) is 9.69 Å². The highest BCUT2D eigenvalue weighted by molar-refractivity contribution is 5.30. The number of aromatic hydroxyl groups is 1. The van der Waals surface area contributed by atoms with Gasteiger partial charge in [0, 0.05) is 37.5 Å². The zero-order valence-electron chi connectivity index (χ0n) is 13.0. The maximum Gasteiger partial charge on any atom is 0.223 e. The van der Waals surface area contributed by atoms with Crippen molar-refractivity contribution in [2.45, 2.75) is 58.7 Å². The summed E-state index contributed by atoms with van der Waals surface area (Å²) in [6.45, 7) is 6.39. The van der Waals surface area contributed by atoms with Gasteiger partial charge in [0.1, 0.15) is 0 Å². The minimum atomic E-state index is -0.313. The molecule has 5 heteroatoms. The van der Waals surface area contributed by atoms with E-state index in [4.69, 9.17) is 5.11 Å². The van der Waals surface area contributed by atoms with Gasteiger partial charge in [0.05, 0.1) is 5.69 Å². The van der Waals surface area contributed by atoms with E-state index >= 15 is 0 Å². The molecule has 1 atom stereocenters. The Morgan fingerprint density at radius 1 is 1.38 bits per heavy atom. The SMILES string of the molecule is Cc1cc(=O)c(O)c(CN2CCCCC2C)n1CCCO. The Balaban J connectivity index is 2.32. The van der Waals surface area contributed by atoms with Crippen molar-refractivity contribution in [3.8, 4) is 5.75 Å². The van der Waals surface area contributed by atoms with Crippen molar-refractivity contribution in [1.29, 1.82) is 0 Å². The fourth-order valence-electron chi connectivity index (χ4n) is 3.10. The summed E-state index contributed by atoms with van der Waals surface area (Å²) in [7, 11) is 0. The first-order valence-corrected chi connectivity index (χ1v) is 7.81. The number of aryl methyl sites for hydroxylation is 1. The Bertz CT molecular complexity index is 539. The molecular formula is C16H26N2O3. The number of aliphatic hydroxyl groups is 1. The lowest BCUT2D eigenvalue weighted by molar-refractivity contribution is 0.146. The zero-order chi connectivity index (χ0) is 15.4. The molecule has 0 aliphatic carbocycles. The van der Waals surface area contributed by atoms with Crippen molar-refractivity contribution in [3.63, 3.8) is 0 Å². The van der Waals surface area contributed by atoms with Gasteiger partial charge in [-0.1, -0.05) is 6.42 Å². The Labute approximate surface area is 125 Å². The smallest absolute Gasteiger partial charge is 0.223 e. The molecule has 1 unspecified atom stereocenters. The number of likely N-dealkylation sites (tertiary alicyclic amines) is 1. The van der Waals surface area contributed by atoms with Crippen LogP contribution in [0.5, 0.6) is 5.75 Å². The molecule has 0 radical (unpaired) electrons. The van der Waals surface area contributed by atoms with Gasteiger partial charge in [0.2, 0.25) is 5.43 Å². The van der Waals surface area contributed by atoms with Gasteiger partial charge in [-0.2, -0.15) is 0 Å². The van der Waals surface area contributed by atoms with E-state index in [1.54, 1.807) is 0 Å². The van der Waals surface area contributed by atoms with Crippen LogP contribution in [-0.4, -0.2) is 38.9 Å². The molecule has 1 aromatic heterocycles. The molecule has 118 valence electrons. The second-order valence-electron chi connectivity index (χ2n) is 5.99. The predicted octanol–water partition coefficient (Wildman–Crippen LogP) is 1.62. The average molecular weight is 294 g/mol. The molecule has 1 fully saturated rings. The fourth-order valence-corrected chi connectivity index (χ4v) is 3.10. The molecule has 0 spiro atoms. The molecule has 1 aromatic rings. The van der Waals surface area contributed by atoms with Crippen LogP contribution < -0.4 is 5.43 Å². The number of aliphatic hydroxyl groups excluding tert-OH is 1. The van der Waals surface area contributed by atoms with Gasteiger partial charge in [-0.05, 0) is 39.7 Å². The number of piperidine rings is 1. The summed E-state index contributed by atoms with van der Waals surface area (Å²) in [5.41, 5.74) is 1.21. The number of aromatic nitrogens is 1. The average Bonchev–Trinajstić information content (AvgIpc) is 2.46. The summed E-state index contributed by atoms with van der Waals surface area (Å²) in [6.07, 6.45) is 4.19. The first-order chi connectivity index (χ1) is 10.0. The van der Waals surface area contributed by atoms with E-state index in [1.807, 2.05) is 11.5 Å². The molecule has 2 heterocycles. The number of hydrogen-bond acceptors (Lipinski definition) is 4. The van der Waals surface area contributed by atoms with Crippen molar-refractivity contribution in [1.82, 2.24) is 9.47 Å². The lowest BCUT2D eigenvalue weighted by Gasteiger charge is -2.34. The van der Waals surface area contributed by atoms with Crippen LogP contribution in [0.3, 0.4) is 0 Å². The van der Waals surface area contributed by atoms with E-state index in [1.165, 1.54) is 12.5 Å². The minimum Gasteiger partial charge on any atom is -0.503 e. The number of hydrogen-bond donors (Lipinski definition) is 2. The normalized spacial score (nSPS) is 19.9. The third-order valence-electron chi connectivity index (χ3n) is 4.43. The van der Waals surface area contributed by atoms with Crippen LogP contribution >= 0.6 is 0 Å². The number of pyridine rings is 1. The standard InChI is InChI=1S/C16H26N2O3/c1-12-6-3-4-7-17(12)11-14-16(21)15(20)10-13(2)18(14)8-5-9-19/h10,12,19,21H,3-9,11H2,1-2H3. The summed E-state index contributed by atoms with van der Waals surface area (Å²) in [5.74, 6) is -0.142. The molecule has 5 nitrogen and oxygen atoms in total. The largest absolute Gasteiger partial charge is 0.503 e. The van der Waals surface area contributed by atoms with Crippen molar-refractivity contribution in [2.75, 3.05) is 13.2 Å². The van der Waals surface area contributed by atoms with E-state index in [-0.39, 0.29) is 17.8 Å². The summed E-state index contributed by atoms with van der Waals surface area (Å²) < 4.78 is 1.97. The minimum absolute atomic E-state index is 0.103. The Morgan fingerprint density at radius 3 is 2.81 bits per heavy atom. The third kappa shape index (κ3) is 3.66. The van der Waals surface area contributed by atoms with Crippen LogP contribution in [0.4, 0.5) is 0 Å². The number of nitrogens with zero attached hydrogens (tertiary/aromatic N) is 2. The maximum atomic E-state index is 11.9. The van der Waals surface area contributed by atoms with Crippen molar-refractivity contribution >= 4 is 0 Å². The van der Waals surface area contributed by atoms with E-state index in [2.05, 4.69) is 11.8 Å². The van der Waals surface area contributed by atoms with E-state index in [0.29, 0.717) is 31.2 Å². The summed E-state index contributed by atoms with van der Waals surface area (Å²) in [5, 5.41) is 19.2. The Morgan fingerprint density at radius 2 is 2.14 bits per heavy atom. The predicted molar refractivity (Wildman–Crippen MR) is 82.5 cm³/mol. The fraction of sp³-hybridized carbons (Fsp3) is 0.688. The van der Waals surface area contributed by atoms with Crippen molar-refractivity contribution < 1.29 is 10.2 Å². The van der Waals surface area contributed by atoms with Gasteiger partial charge in [-0.25, -0.2) is 0 Å². The van der Waals surface area contributed by atoms with Crippen molar-refractivity contribution in [3.05, 3.63) is 27.7 Å². The topological polar surface area (TPSA) is 65.7 Å². The Hall–Kier alpha value is -1.33. The molecule has 2 N–H and O–H groups in total. The molecule has 21 heavy (non-hydrogen) atoms. The van der Waals surface area contributed by atoms with Gasteiger partial charge in [0.15, 0.2) is 5.75 Å². The van der Waals surface area contributed by atoms with Gasteiger partial charge >= 0.3 is 0 Å². The van der Waals surface area contributed by atoms with Crippen LogP contribution in [0, 0.1) is 6.92 Å². The monoisotopic (exact) mass is 294 g/mol. The molecule has 0 aromatic carbocycles. The molecule has 0 saturated carbocycles. The highest BCUT2D eigenvalue weighted by atomic mass is 16.3. The zero-order valence-corrected chi connectivity index (χ0v) is 13.0. The molecular weight excluding hydrogens is 268 g/mol. The lowest BCUT2D eigenvalue weighted by atomic mass is 10.0. The summed E-state index contributed by atoms with van der Waals surface area (Å²) in [4.78, 5) is 14.2. The van der Waals surface area contributed by atoms with E-state index < -0.39 is 0 Å². The first-order valence-electron chi connectivity index (χ1n) is 7.81. The summed E-state index contributed by atoms with van der Waals surface area (Å²) >= 11 is 0. The second-order valence-corrected chi connectivity index (χ2v) is 5.99. The van der Waals surface area contributed by atoms with Gasteiger partial charge in [-0.15, -0.1) is 0 Å². The van der Waals surface area contributed by atoms with Gasteiger partial charge < -0.3 is 14.8 Å². The van der Waals surface area contributed by atoms with Crippen LogP contribution in [0.25, 0.3) is 0 Å².